The van der Waals surface area contributed by atoms with Gasteiger partial charge in [0.05, 0.1) is 11.4 Å². The van der Waals surface area contributed by atoms with Crippen molar-refractivity contribution in [2.24, 2.45) is 0 Å². The molecule has 0 atom stereocenters. The van der Waals surface area contributed by atoms with Crippen molar-refractivity contribution in [1.29, 1.82) is 0 Å². The van der Waals surface area contributed by atoms with E-state index in [4.69, 9.17) is 0 Å². The van der Waals surface area contributed by atoms with Crippen molar-refractivity contribution >= 4 is 51.0 Å². The van der Waals surface area contributed by atoms with Crippen molar-refractivity contribution in [1.82, 2.24) is 0 Å². The van der Waals surface area contributed by atoms with Crippen LogP contribution in [-0.2, 0) is 0 Å². The quantitative estimate of drug-likeness (QED) is 0.772. The number of hydrogen-bond donors (Lipinski definition) is 0. The third-order valence-electron chi connectivity index (χ3n) is 4.37. The average molecular weight is 342 g/mol. The molecule has 0 unspecified atom stereocenters. The molecule has 0 amide bonds. The highest BCUT2D eigenvalue weighted by Crippen LogP contribution is 2.36. The molecule has 2 nitrogen and oxygen atoms in total. The predicted molar refractivity (Wildman–Crippen MR) is 110 cm³/mol. The van der Waals surface area contributed by atoms with Crippen molar-refractivity contribution in [3.63, 3.8) is 0 Å². The Bertz CT molecular complexity index is 661. The summed E-state index contributed by atoms with van der Waals surface area (Å²) in [7, 11) is 2.20. The maximum absolute atomic E-state index is 2.51. The zero-order valence-corrected chi connectivity index (χ0v) is 15.7. The monoisotopic (exact) mass is 342 g/mol. The summed E-state index contributed by atoms with van der Waals surface area (Å²) in [4.78, 5) is 4.88. The molecule has 2 aromatic rings. The van der Waals surface area contributed by atoms with E-state index in [9.17, 15) is 0 Å². The third-order valence-corrected chi connectivity index (χ3v) is 6.89. The second kappa shape index (κ2) is 7.58. The lowest BCUT2D eigenvalue weighted by molar-refractivity contribution is 0.806. The molecule has 0 saturated carbocycles. The van der Waals surface area contributed by atoms with Gasteiger partial charge in [-0.05, 0) is 42.6 Å². The standard InChI is InChI=1S/C18H23BN2S2/c1-20-13-8-14-21(18-12-7-6-11-17(18)20)16-10-5-4-9-15(16)19(22-2)23-3/h4-7,9-12H,8,13-14H2,1-3H3. The molecule has 0 fully saturated rings. The van der Waals surface area contributed by atoms with Gasteiger partial charge in [-0.1, -0.05) is 30.3 Å². The van der Waals surface area contributed by atoms with Crippen LogP contribution in [0.5, 0.6) is 0 Å². The van der Waals surface area contributed by atoms with Crippen LogP contribution in [0, 0.1) is 0 Å². The molecule has 5 heteroatoms. The maximum atomic E-state index is 2.51. The first-order chi connectivity index (χ1) is 11.3. The number of para-hydroxylation sites is 3. The maximum Gasteiger partial charge on any atom is 0.309 e. The van der Waals surface area contributed by atoms with E-state index >= 15 is 0 Å². The lowest BCUT2D eigenvalue weighted by Crippen LogP contribution is -2.31. The van der Waals surface area contributed by atoms with E-state index in [0.29, 0.717) is 5.27 Å². The Morgan fingerprint density at radius 3 is 2.13 bits per heavy atom. The van der Waals surface area contributed by atoms with E-state index in [1.807, 2.05) is 23.2 Å². The first kappa shape index (κ1) is 16.7. The fraction of sp³-hybridized carbons (Fsp3) is 0.333. The molecule has 1 aliphatic heterocycles. The molecule has 0 bridgehead atoms. The fourth-order valence-corrected chi connectivity index (χ4v) is 4.93. The summed E-state index contributed by atoms with van der Waals surface area (Å²) in [6, 6.07) is 17.6. The van der Waals surface area contributed by atoms with Gasteiger partial charge >= 0.3 is 5.27 Å². The topological polar surface area (TPSA) is 6.48 Å². The predicted octanol–water partition coefficient (Wildman–Crippen LogP) is 4.09. The Morgan fingerprint density at radius 2 is 1.43 bits per heavy atom. The van der Waals surface area contributed by atoms with Crippen molar-refractivity contribution in [2.45, 2.75) is 6.42 Å². The summed E-state index contributed by atoms with van der Waals surface area (Å²) >= 11 is 3.83. The molecule has 0 aromatic heterocycles. The van der Waals surface area contributed by atoms with Crippen LogP contribution in [-0.4, -0.2) is 37.9 Å². The Kier molecular flexibility index (Phi) is 5.49. The summed E-state index contributed by atoms with van der Waals surface area (Å²) in [5.41, 5.74) is 5.42. The average Bonchev–Trinajstić information content (AvgIpc) is 2.76. The molecule has 1 aliphatic rings. The van der Waals surface area contributed by atoms with E-state index in [1.165, 1.54) is 28.9 Å². The lowest BCUT2D eigenvalue weighted by atomic mass is 9.89. The first-order valence-electron chi connectivity index (χ1n) is 7.98. The van der Waals surface area contributed by atoms with Gasteiger partial charge in [-0.15, -0.1) is 0 Å². The van der Waals surface area contributed by atoms with Gasteiger partial charge in [0, 0.05) is 25.8 Å². The van der Waals surface area contributed by atoms with E-state index in [1.54, 1.807) is 0 Å². The smallest absolute Gasteiger partial charge is 0.309 e. The van der Waals surface area contributed by atoms with Crippen LogP contribution < -0.4 is 15.3 Å². The van der Waals surface area contributed by atoms with Crippen LogP contribution in [0.15, 0.2) is 48.5 Å². The molecule has 1 heterocycles. The number of benzene rings is 2. The van der Waals surface area contributed by atoms with Crippen LogP contribution in [0.1, 0.15) is 6.42 Å². The van der Waals surface area contributed by atoms with Crippen molar-refractivity contribution in [3.05, 3.63) is 48.5 Å². The Labute approximate surface area is 148 Å². The van der Waals surface area contributed by atoms with Crippen LogP contribution in [0.3, 0.4) is 0 Å². The van der Waals surface area contributed by atoms with E-state index in [0.717, 1.165) is 13.1 Å². The Morgan fingerprint density at radius 1 is 0.826 bits per heavy atom. The molecule has 0 N–H and O–H groups in total. The summed E-state index contributed by atoms with van der Waals surface area (Å²) in [6.07, 6.45) is 5.56. The molecule has 3 rings (SSSR count). The lowest BCUT2D eigenvalue weighted by Gasteiger charge is -2.29. The van der Waals surface area contributed by atoms with E-state index < -0.39 is 0 Å². The van der Waals surface area contributed by atoms with Crippen LogP contribution >= 0.6 is 23.2 Å². The van der Waals surface area contributed by atoms with Gasteiger partial charge in [0.15, 0.2) is 0 Å². The third kappa shape index (κ3) is 3.36. The molecule has 0 radical (unpaired) electrons. The summed E-state index contributed by atoms with van der Waals surface area (Å²) in [5.74, 6) is 0. The van der Waals surface area contributed by atoms with Gasteiger partial charge in [0.1, 0.15) is 0 Å². The molecule has 120 valence electrons. The van der Waals surface area contributed by atoms with Crippen molar-refractivity contribution < 1.29 is 0 Å². The number of hydrogen-bond acceptors (Lipinski definition) is 4. The van der Waals surface area contributed by atoms with Gasteiger partial charge in [-0.25, -0.2) is 0 Å². The second-order valence-corrected chi connectivity index (χ2v) is 7.96. The molecular weight excluding hydrogens is 319 g/mol. The van der Waals surface area contributed by atoms with E-state index in [-0.39, 0.29) is 0 Å². The molecule has 23 heavy (non-hydrogen) atoms. The van der Waals surface area contributed by atoms with E-state index in [2.05, 4.69) is 77.9 Å². The minimum absolute atomic E-state index is 0.472. The zero-order chi connectivity index (χ0) is 16.2. The number of rotatable bonds is 4. The largest absolute Gasteiger partial charge is 0.373 e. The fourth-order valence-electron chi connectivity index (χ4n) is 3.26. The summed E-state index contributed by atoms with van der Waals surface area (Å²) < 4.78 is 0. The number of fused-ring (bicyclic) bond motifs is 1. The SMILES string of the molecule is CSB(SC)c1ccccc1N1CCCN(C)c2ccccc21. The number of nitrogens with zero attached hydrogens (tertiary/aromatic N) is 2. The van der Waals surface area contributed by atoms with Gasteiger partial charge in [0.2, 0.25) is 0 Å². The summed E-state index contributed by atoms with van der Waals surface area (Å²) in [5, 5.41) is 0.472. The second-order valence-electron chi connectivity index (χ2n) is 5.78. The molecule has 0 saturated heterocycles. The minimum Gasteiger partial charge on any atom is -0.373 e. The van der Waals surface area contributed by atoms with Crippen LogP contribution in [0.2, 0.25) is 0 Å². The van der Waals surface area contributed by atoms with Gasteiger partial charge in [-0.3, -0.25) is 0 Å². The number of anilines is 3. The normalized spacial score (nSPS) is 14.4. The van der Waals surface area contributed by atoms with Crippen LogP contribution in [0.25, 0.3) is 0 Å². The Balaban J connectivity index is 2.10. The molecular formula is C18H23BN2S2. The zero-order valence-electron chi connectivity index (χ0n) is 14.0. The first-order valence-corrected chi connectivity index (χ1v) is 10.6. The van der Waals surface area contributed by atoms with Crippen molar-refractivity contribution in [3.8, 4) is 0 Å². The highest BCUT2D eigenvalue weighted by molar-refractivity contribution is 8.55. The highest BCUT2D eigenvalue weighted by atomic mass is 32.2. The molecule has 2 aromatic carbocycles. The van der Waals surface area contributed by atoms with Gasteiger partial charge < -0.3 is 9.80 Å². The van der Waals surface area contributed by atoms with Crippen molar-refractivity contribution in [2.75, 3.05) is 42.4 Å². The minimum atomic E-state index is 0.472. The van der Waals surface area contributed by atoms with Gasteiger partial charge in [0.25, 0.3) is 0 Å². The highest BCUT2D eigenvalue weighted by Gasteiger charge is 2.24. The molecule has 0 aliphatic carbocycles. The summed E-state index contributed by atoms with van der Waals surface area (Å²) in [6.45, 7) is 2.16. The Hall–Kier alpha value is -1.20. The molecule has 0 spiro atoms. The van der Waals surface area contributed by atoms with Gasteiger partial charge in [-0.2, -0.15) is 23.2 Å². The van der Waals surface area contributed by atoms with Crippen LogP contribution in [0.4, 0.5) is 17.1 Å².